The van der Waals surface area contributed by atoms with Crippen LogP contribution in [0.1, 0.15) is 42.6 Å². The van der Waals surface area contributed by atoms with Crippen molar-refractivity contribution in [1.29, 1.82) is 0 Å². The van der Waals surface area contributed by atoms with Crippen molar-refractivity contribution in [1.82, 2.24) is 15.1 Å². The van der Waals surface area contributed by atoms with Crippen LogP contribution in [0.4, 0.5) is 0 Å². The van der Waals surface area contributed by atoms with E-state index >= 15 is 0 Å². The molecular formula is C24H37IN4O4. The van der Waals surface area contributed by atoms with Gasteiger partial charge in [-0.3, -0.25) is 9.79 Å². The summed E-state index contributed by atoms with van der Waals surface area (Å²) < 4.78 is 17.5. The van der Waals surface area contributed by atoms with E-state index in [-0.39, 0.29) is 54.3 Å². The summed E-state index contributed by atoms with van der Waals surface area (Å²) in [6.45, 7) is 9.05. The molecule has 3 aliphatic rings. The van der Waals surface area contributed by atoms with Gasteiger partial charge in [-0.15, -0.1) is 24.0 Å². The van der Waals surface area contributed by atoms with Crippen LogP contribution in [0, 0.1) is 0 Å². The fourth-order valence-electron chi connectivity index (χ4n) is 4.79. The molecular weight excluding hydrogens is 535 g/mol. The highest BCUT2D eigenvalue weighted by molar-refractivity contribution is 14.0. The Morgan fingerprint density at radius 1 is 1.03 bits per heavy atom. The topological polar surface area (TPSA) is 75.6 Å². The van der Waals surface area contributed by atoms with Crippen molar-refractivity contribution in [2.75, 3.05) is 46.4 Å². The number of hydrogen-bond acceptors (Lipinski definition) is 5. The number of amides is 1. The van der Waals surface area contributed by atoms with Gasteiger partial charge in [0.1, 0.15) is 6.10 Å². The molecule has 1 aromatic rings. The van der Waals surface area contributed by atoms with Crippen molar-refractivity contribution in [3.63, 3.8) is 0 Å². The number of morpholine rings is 2. The Morgan fingerprint density at radius 2 is 1.73 bits per heavy atom. The minimum absolute atomic E-state index is 0. The number of hydrogen-bond donors (Lipinski definition) is 1. The molecule has 3 saturated heterocycles. The van der Waals surface area contributed by atoms with Crippen LogP contribution in [0.25, 0.3) is 0 Å². The SMILES string of the molecule is CN=C(NCc1ccc(C(=O)N2CC(C)OC(C)C2)cc1)N1CCOC(C2CCCO2)C1.I. The van der Waals surface area contributed by atoms with Crippen LogP contribution in [0.3, 0.4) is 0 Å². The van der Waals surface area contributed by atoms with E-state index in [1.165, 1.54) is 0 Å². The van der Waals surface area contributed by atoms with E-state index in [2.05, 4.69) is 15.2 Å². The van der Waals surface area contributed by atoms with Crippen molar-refractivity contribution in [2.24, 2.45) is 4.99 Å². The third-order valence-electron chi connectivity index (χ3n) is 6.34. The minimum Gasteiger partial charge on any atom is -0.375 e. The van der Waals surface area contributed by atoms with Crippen LogP contribution in [0.2, 0.25) is 0 Å². The van der Waals surface area contributed by atoms with Crippen molar-refractivity contribution < 1.29 is 19.0 Å². The summed E-state index contributed by atoms with van der Waals surface area (Å²) in [5, 5.41) is 3.46. The normalized spacial score (nSPS) is 28.4. The summed E-state index contributed by atoms with van der Waals surface area (Å²) in [6.07, 6.45) is 2.60. The van der Waals surface area contributed by atoms with Crippen LogP contribution in [0.5, 0.6) is 0 Å². The van der Waals surface area contributed by atoms with Gasteiger partial charge < -0.3 is 29.3 Å². The quantitative estimate of drug-likeness (QED) is 0.340. The van der Waals surface area contributed by atoms with Gasteiger partial charge in [0.2, 0.25) is 0 Å². The molecule has 1 aromatic carbocycles. The lowest BCUT2D eigenvalue weighted by molar-refractivity contribution is -0.0817. The van der Waals surface area contributed by atoms with E-state index in [1.54, 1.807) is 0 Å². The molecule has 0 radical (unpaired) electrons. The summed E-state index contributed by atoms with van der Waals surface area (Å²) in [5.41, 5.74) is 1.82. The standard InChI is InChI=1S/C24H36N4O4.HI/c1-17-14-28(15-18(2)32-17)23(29)20-8-6-19(7-9-20)13-26-24(25-3)27-10-12-31-22(16-27)21-5-4-11-30-21;/h6-9,17-18,21-22H,4-5,10-16H2,1-3H3,(H,25,26);1H. The highest BCUT2D eigenvalue weighted by Gasteiger charge is 2.32. The average molecular weight is 572 g/mol. The Bertz CT molecular complexity index is 790. The van der Waals surface area contributed by atoms with Crippen LogP contribution in [-0.2, 0) is 20.8 Å². The number of nitrogens with one attached hydrogen (secondary N) is 1. The Labute approximate surface area is 214 Å². The molecule has 33 heavy (non-hydrogen) atoms. The number of ether oxygens (including phenoxy) is 3. The average Bonchev–Trinajstić information content (AvgIpc) is 3.34. The maximum absolute atomic E-state index is 12.9. The molecule has 184 valence electrons. The summed E-state index contributed by atoms with van der Waals surface area (Å²) in [4.78, 5) is 21.5. The maximum atomic E-state index is 12.9. The molecule has 3 heterocycles. The summed E-state index contributed by atoms with van der Waals surface area (Å²) in [7, 11) is 1.81. The van der Waals surface area contributed by atoms with Gasteiger partial charge in [0.25, 0.3) is 5.91 Å². The van der Waals surface area contributed by atoms with Gasteiger partial charge in [-0.05, 0) is 44.4 Å². The first-order valence-electron chi connectivity index (χ1n) is 11.8. The van der Waals surface area contributed by atoms with Crippen molar-refractivity contribution >= 4 is 35.8 Å². The van der Waals surface area contributed by atoms with E-state index in [9.17, 15) is 4.79 Å². The van der Waals surface area contributed by atoms with E-state index in [1.807, 2.05) is 50.1 Å². The number of guanidine groups is 1. The highest BCUT2D eigenvalue weighted by Crippen LogP contribution is 2.21. The molecule has 1 amide bonds. The molecule has 0 spiro atoms. The number of nitrogens with zero attached hydrogens (tertiary/aromatic N) is 3. The molecule has 4 atom stereocenters. The second-order valence-corrected chi connectivity index (χ2v) is 8.97. The lowest BCUT2D eigenvalue weighted by Gasteiger charge is -2.37. The molecule has 4 unspecified atom stereocenters. The molecule has 0 aliphatic carbocycles. The lowest BCUT2D eigenvalue weighted by atomic mass is 10.1. The van der Waals surface area contributed by atoms with Gasteiger partial charge in [0.15, 0.2) is 5.96 Å². The maximum Gasteiger partial charge on any atom is 0.254 e. The largest absolute Gasteiger partial charge is 0.375 e. The van der Waals surface area contributed by atoms with E-state index in [0.717, 1.165) is 44.1 Å². The molecule has 0 aromatic heterocycles. The summed E-state index contributed by atoms with van der Waals surface area (Å²) >= 11 is 0. The number of halogens is 1. The van der Waals surface area contributed by atoms with Gasteiger partial charge in [0, 0.05) is 51.9 Å². The summed E-state index contributed by atoms with van der Waals surface area (Å²) in [5.74, 6) is 0.934. The molecule has 4 rings (SSSR count). The first-order chi connectivity index (χ1) is 15.5. The zero-order chi connectivity index (χ0) is 22.5. The predicted octanol–water partition coefficient (Wildman–Crippen LogP) is 2.51. The summed E-state index contributed by atoms with van der Waals surface area (Å²) in [6, 6.07) is 7.84. The highest BCUT2D eigenvalue weighted by atomic mass is 127. The number of aliphatic imine (C=N–C) groups is 1. The van der Waals surface area contributed by atoms with Crippen molar-refractivity contribution in [3.05, 3.63) is 35.4 Å². The Hall–Kier alpha value is -1.43. The lowest BCUT2D eigenvalue weighted by Crippen LogP contribution is -2.53. The van der Waals surface area contributed by atoms with Crippen LogP contribution in [-0.4, -0.2) is 92.5 Å². The second kappa shape index (κ2) is 12.3. The van der Waals surface area contributed by atoms with Crippen molar-refractivity contribution in [3.8, 4) is 0 Å². The van der Waals surface area contributed by atoms with Gasteiger partial charge >= 0.3 is 0 Å². The monoisotopic (exact) mass is 572 g/mol. The van der Waals surface area contributed by atoms with Crippen LogP contribution >= 0.6 is 24.0 Å². The molecule has 3 fully saturated rings. The smallest absolute Gasteiger partial charge is 0.254 e. The van der Waals surface area contributed by atoms with Crippen molar-refractivity contribution in [2.45, 2.75) is 57.6 Å². The Kier molecular flexibility index (Phi) is 9.78. The third kappa shape index (κ3) is 6.80. The van der Waals surface area contributed by atoms with Gasteiger partial charge in [-0.1, -0.05) is 12.1 Å². The van der Waals surface area contributed by atoms with E-state index < -0.39 is 0 Å². The molecule has 0 saturated carbocycles. The molecule has 0 bridgehead atoms. The Balaban J connectivity index is 0.00000306. The zero-order valence-electron chi connectivity index (χ0n) is 19.9. The van der Waals surface area contributed by atoms with Crippen LogP contribution < -0.4 is 5.32 Å². The number of carbonyl (C=O) groups excluding carboxylic acids is 1. The Morgan fingerprint density at radius 3 is 2.36 bits per heavy atom. The molecule has 9 heteroatoms. The first-order valence-corrected chi connectivity index (χ1v) is 11.8. The molecule has 3 aliphatic heterocycles. The fraction of sp³-hybridized carbons (Fsp3) is 0.667. The fourth-order valence-corrected chi connectivity index (χ4v) is 4.79. The van der Waals surface area contributed by atoms with E-state index in [4.69, 9.17) is 14.2 Å². The number of rotatable bonds is 4. The molecule has 8 nitrogen and oxygen atoms in total. The van der Waals surface area contributed by atoms with Gasteiger partial charge in [-0.2, -0.15) is 0 Å². The van der Waals surface area contributed by atoms with Gasteiger partial charge in [-0.25, -0.2) is 0 Å². The third-order valence-corrected chi connectivity index (χ3v) is 6.34. The number of carbonyl (C=O) groups is 1. The minimum atomic E-state index is 0. The van der Waals surface area contributed by atoms with Crippen LogP contribution in [0.15, 0.2) is 29.3 Å². The predicted molar refractivity (Wildman–Crippen MR) is 138 cm³/mol. The van der Waals surface area contributed by atoms with Gasteiger partial charge in [0.05, 0.1) is 24.9 Å². The second-order valence-electron chi connectivity index (χ2n) is 8.97. The van der Waals surface area contributed by atoms with E-state index in [0.29, 0.717) is 31.8 Å². The molecule has 1 N–H and O–H groups in total. The first kappa shape index (κ1) is 26.2. The zero-order valence-corrected chi connectivity index (χ0v) is 22.2. The number of benzene rings is 1.